The van der Waals surface area contributed by atoms with Gasteiger partial charge in [-0.05, 0) is 38.5 Å². The molecule has 0 bridgehead atoms. The molecule has 0 saturated carbocycles. The number of carbonyl (C=O) groups excluding carboxylic acids is 1. The maximum atomic E-state index is 12.8. The van der Waals surface area contributed by atoms with E-state index in [1.807, 2.05) is 75.4 Å². The lowest BCUT2D eigenvalue weighted by Gasteiger charge is -2.28. The highest BCUT2D eigenvalue weighted by molar-refractivity contribution is 5.95. The number of ether oxygens (including phenoxy) is 2. The van der Waals surface area contributed by atoms with Crippen molar-refractivity contribution in [2.75, 3.05) is 4.90 Å². The standard InChI is InChI=1S/C20H21NO3/c1-14(15-10-6-5-7-11-15)18-21(19(22)24-20(2,3)4)16-12-8-9-13-17(16)23-18/h5-13,18H,1H2,2-4H3. The second-order valence-electron chi connectivity index (χ2n) is 6.68. The summed E-state index contributed by atoms with van der Waals surface area (Å²) in [4.78, 5) is 14.3. The van der Waals surface area contributed by atoms with E-state index in [1.54, 1.807) is 0 Å². The molecule has 1 aliphatic rings. The van der Waals surface area contributed by atoms with Gasteiger partial charge >= 0.3 is 6.09 Å². The van der Waals surface area contributed by atoms with Gasteiger partial charge in [0.05, 0.1) is 5.69 Å². The predicted octanol–water partition coefficient (Wildman–Crippen LogP) is 4.86. The van der Waals surface area contributed by atoms with Crippen molar-refractivity contribution >= 4 is 17.4 Å². The van der Waals surface area contributed by atoms with Crippen LogP contribution in [-0.4, -0.2) is 17.9 Å². The largest absolute Gasteiger partial charge is 0.464 e. The fourth-order valence-corrected chi connectivity index (χ4v) is 2.58. The van der Waals surface area contributed by atoms with E-state index >= 15 is 0 Å². The maximum Gasteiger partial charge on any atom is 0.418 e. The molecule has 0 radical (unpaired) electrons. The fraction of sp³-hybridized carbons (Fsp3) is 0.250. The topological polar surface area (TPSA) is 38.8 Å². The van der Waals surface area contributed by atoms with Crippen LogP contribution in [0.5, 0.6) is 5.75 Å². The van der Waals surface area contributed by atoms with E-state index < -0.39 is 17.9 Å². The quantitative estimate of drug-likeness (QED) is 0.792. The first kappa shape index (κ1) is 16.1. The van der Waals surface area contributed by atoms with Crippen LogP contribution in [0, 0.1) is 0 Å². The smallest absolute Gasteiger partial charge is 0.418 e. The highest BCUT2D eigenvalue weighted by Gasteiger charge is 2.39. The average Bonchev–Trinajstić information content (AvgIpc) is 2.93. The van der Waals surface area contributed by atoms with Gasteiger partial charge in [-0.15, -0.1) is 0 Å². The number of hydrogen-bond acceptors (Lipinski definition) is 3. The van der Waals surface area contributed by atoms with E-state index in [0.717, 1.165) is 5.56 Å². The first-order chi connectivity index (χ1) is 11.4. The summed E-state index contributed by atoms with van der Waals surface area (Å²) in [5.74, 6) is 0.644. The van der Waals surface area contributed by atoms with Crippen LogP contribution < -0.4 is 9.64 Å². The number of amides is 1. The Kier molecular flexibility index (Phi) is 4.06. The molecule has 0 aromatic heterocycles. The molecule has 2 aromatic rings. The van der Waals surface area contributed by atoms with Gasteiger partial charge in [0.15, 0.2) is 0 Å². The monoisotopic (exact) mass is 323 g/mol. The third kappa shape index (κ3) is 3.13. The summed E-state index contributed by atoms with van der Waals surface area (Å²) in [6.45, 7) is 9.67. The molecule has 1 aliphatic heterocycles. The lowest BCUT2D eigenvalue weighted by atomic mass is 10.1. The van der Waals surface area contributed by atoms with E-state index in [4.69, 9.17) is 9.47 Å². The van der Waals surface area contributed by atoms with Gasteiger partial charge in [0.2, 0.25) is 6.23 Å². The molecule has 4 nitrogen and oxygen atoms in total. The highest BCUT2D eigenvalue weighted by atomic mass is 16.6. The van der Waals surface area contributed by atoms with Gasteiger partial charge in [-0.1, -0.05) is 49.0 Å². The summed E-state index contributed by atoms with van der Waals surface area (Å²) in [6, 6.07) is 17.1. The van der Waals surface area contributed by atoms with Crippen molar-refractivity contribution in [3.8, 4) is 5.75 Å². The zero-order valence-electron chi connectivity index (χ0n) is 14.2. The molecule has 0 aliphatic carbocycles. The Morgan fingerprint density at radius 2 is 1.71 bits per heavy atom. The van der Waals surface area contributed by atoms with Crippen LogP contribution >= 0.6 is 0 Å². The van der Waals surface area contributed by atoms with Crippen LogP contribution in [0.3, 0.4) is 0 Å². The van der Waals surface area contributed by atoms with Crippen molar-refractivity contribution in [1.82, 2.24) is 0 Å². The summed E-state index contributed by atoms with van der Waals surface area (Å²) in [7, 11) is 0. The average molecular weight is 323 g/mol. The Hall–Kier alpha value is -2.75. The number of benzene rings is 2. The number of rotatable bonds is 2. The third-order valence-electron chi connectivity index (χ3n) is 3.63. The van der Waals surface area contributed by atoms with Gasteiger partial charge in [-0.3, -0.25) is 0 Å². The molecule has 0 spiro atoms. The summed E-state index contributed by atoms with van der Waals surface area (Å²) < 4.78 is 11.6. The van der Waals surface area contributed by atoms with E-state index in [1.165, 1.54) is 4.90 Å². The summed E-state index contributed by atoms with van der Waals surface area (Å²) in [5, 5.41) is 0. The number of anilines is 1. The maximum absolute atomic E-state index is 12.8. The van der Waals surface area contributed by atoms with Crippen molar-refractivity contribution in [1.29, 1.82) is 0 Å². The van der Waals surface area contributed by atoms with Crippen molar-refractivity contribution in [2.24, 2.45) is 0 Å². The van der Waals surface area contributed by atoms with Crippen LogP contribution in [0.2, 0.25) is 0 Å². The molecular formula is C20H21NO3. The lowest BCUT2D eigenvalue weighted by molar-refractivity contribution is 0.0547. The summed E-state index contributed by atoms with van der Waals surface area (Å²) >= 11 is 0. The summed E-state index contributed by atoms with van der Waals surface area (Å²) in [6.07, 6.45) is -1.07. The second kappa shape index (κ2) is 6.04. The lowest BCUT2D eigenvalue weighted by Crippen LogP contribution is -2.43. The minimum atomic E-state index is -0.625. The minimum absolute atomic E-state index is 0.450. The van der Waals surface area contributed by atoms with Crippen molar-refractivity contribution in [3.05, 3.63) is 66.7 Å². The molecule has 124 valence electrons. The summed E-state index contributed by atoms with van der Waals surface area (Å²) in [5.41, 5.74) is 1.73. The van der Waals surface area contributed by atoms with E-state index in [0.29, 0.717) is 17.0 Å². The molecule has 2 aromatic carbocycles. The molecule has 1 atom stereocenters. The Bertz CT molecular complexity index is 762. The number of para-hydroxylation sites is 2. The number of carbonyl (C=O) groups is 1. The van der Waals surface area contributed by atoms with E-state index in [-0.39, 0.29) is 0 Å². The predicted molar refractivity (Wildman–Crippen MR) is 95.0 cm³/mol. The van der Waals surface area contributed by atoms with Gasteiger partial charge in [0.1, 0.15) is 11.4 Å². The molecule has 0 N–H and O–H groups in total. The Balaban J connectivity index is 1.96. The minimum Gasteiger partial charge on any atom is -0.464 e. The molecule has 0 fully saturated rings. The molecule has 0 saturated heterocycles. The van der Waals surface area contributed by atoms with E-state index in [2.05, 4.69) is 6.58 Å². The van der Waals surface area contributed by atoms with Crippen LogP contribution in [0.4, 0.5) is 10.5 Å². The number of fused-ring (bicyclic) bond motifs is 1. The SMILES string of the molecule is C=C(c1ccccc1)C1Oc2ccccc2N1C(=O)OC(C)(C)C. The van der Waals surface area contributed by atoms with Crippen LogP contribution in [0.25, 0.3) is 5.57 Å². The van der Waals surface area contributed by atoms with Crippen molar-refractivity contribution in [3.63, 3.8) is 0 Å². The first-order valence-corrected chi connectivity index (χ1v) is 7.89. The van der Waals surface area contributed by atoms with Crippen molar-refractivity contribution in [2.45, 2.75) is 32.6 Å². The van der Waals surface area contributed by atoms with E-state index in [9.17, 15) is 4.79 Å². The third-order valence-corrected chi connectivity index (χ3v) is 3.63. The van der Waals surface area contributed by atoms with Gasteiger partial charge < -0.3 is 9.47 Å². The molecular weight excluding hydrogens is 302 g/mol. The Morgan fingerprint density at radius 3 is 2.38 bits per heavy atom. The van der Waals surface area contributed by atoms with Gasteiger partial charge in [0.25, 0.3) is 0 Å². The second-order valence-corrected chi connectivity index (χ2v) is 6.68. The zero-order valence-corrected chi connectivity index (χ0v) is 14.2. The van der Waals surface area contributed by atoms with Gasteiger partial charge in [-0.25, -0.2) is 9.69 Å². The van der Waals surface area contributed by atoms with Gasteiger partial charge in [-0.2, -0.15) is 0 Å². The van der Waals surface area contributed by atoms with Gasteiger partial charge in [0, 0.05) is 5.57 Å². The molecule has 3 rings (SSSR count). The number of nitrogens with zero attached hydrogens (tertiary/aromatic N) is 1. The molecule has 1 amide bonds. The normalized spacial score (nSPS) is 16.3. The Labute approximate surface area is 142 Å². The fourth-order valence-electron chi connectivity index (χ4n) is 2.58. The first-order valence-electron chi connectivity index (χ1n) is 7.89. The zero-order chi connectivity index (χ0) is 17.3. The molecule has 1 unspecified atom stereocenters. The Morgan fingerprint density at radius 1 is 1.08 bits per heavy atom. The van der Waals surface area contributed by atoms with Crippen LogP contribution in [0.1, 0.15) is 26.3 Å². The highest BCUT2D eigenvalue weighted by Crippen LogP contribution is 2.41. The molecule has 24 heavy (non-hydrogen) atoms. The van der Waals surface area contributed by atoms with Crippen molar-refractivity contribution < 1.29 is 14.3 Å². The van der Waals surface area contributed by atoms with Crippen LogP contribution in [-0.2, 0) is 4.74 Å². The molecule has 4 heteroatoms. The van der Waals surface area contributed by atoms with Crippen LogP contribution in [0.15, 0.2) is 61.2 Å². The molecule has 1 heterocycles. The number of hydrogen-bond donors (Lipinski definition) is 0.